The van der Waals surface area contributed by atoms with Gasteiger partial charge in [0.15, 0.2) is 0 Å². The summed E-state index contributed by atoms with van der Waals surface area (Å²) in [6, 6.07) is 19.8. The maximum Gasteiger partial charge on any atom is 0.349 e. The topological polar surface area (TPSA) is 159 Å². The van der Waals surface area contributed by atoms with Crippen molar-refractivity contribution in [3.05, 3.63) is 105 Å². The lowest BCUT2D eigenvalue weighted by atomic mass is 9.99. The van der Waals surface area contributed by atoms with Crippen molar-refractivity contribution in [1.82, 2.24) is 25.4 Å². The Morgan fingerprint density at radius 1 is 1.09 bits per heavy atom. The summed E-state index contributed by atoms with van der Waals surface area (Å²) in [6.07, 6.45) is 1.63. The second kappa shape index (κ2) is 14.1. The lowest BCUT2D eigenvalue weighted by Crippen LogP contribution is -2.51. The van der Waals surface area contributed by atoms with Crippen molar-refractivity contribution >= 4 is 17.5 Å². The Balaban J connectivity index is 1.40. The Hall–Kier alpha value is -5.07. The van der Waals surface area contributed by atoms with Crippen LogP contribution >= 0.6 is 0 Å². The number of rotatable bonds is 11. The summed E-state index contributed by atoms with van der Waals surface area (Å²) in [6.45, 7) is 6.05. The molecule has 4 aromatic rings. The number of aromatic nitrogens is 3. The molecule has 1 aromatic heterocycles. The fourth-order valence-electron chi connectivity index (χ4n) is 5.71. The standard InChI is InChI=1S/C35H40N6O6/c1-22(42)19-36-35(2,3)18-31(43)38-28-15-13-25-17-26(47-4)14-16-29(25)40(33(28)45)21-23-9-11-24(12-10-23)27-7-5-6-8-30(27)41-34(46)39-32(44)20-37-41/h5-12,14,16-17,20,22,28,36,42H,13,15,18-19,21H2,1-4H3,(H,38,43)(H,39,44,46)/t22-,28-/m1/s1. The van der Waals surface area contributed by atoms with Crippen LogP contribution < -0.4 is 31.5 Å². The van der Waals surface area contributed by atoms with Crippen LogP contribution in [-0.2, 0) is 22.6 Å². The number of aromatic amines is 1. The van der Waals surface area contributed by atoms with Crippen molar-refractivity contribution in [2.45, 2.75) is 64.3 Å². The number of aliphatic hydroxyl groups is 1. The molecule has 5 rings (SSSR count). The van der Waals surface area contributed by atoms with Gasteiger partial charge in [0.2, 0.25) is 11.8 Å². The molecule has 4 N–H and O–H groups in total. The lowest BCUT2D eigenvalue weighted by Gasteiger charge is -2.29. The summed E-state index contributed by atoms with van der Waals surface area (Å²) in [5, 5.41) is 19.8. The van der Waals surface area contributed by atoms with E-state index in [4.69, 9.17) is 4.74 Å². The summed E-state index contributed by atoms with van der Waals surface area (Å²) in [4.78, 5) is 55.2. The number of aryl methyl sites for hydroxylation is 1. The normalized spacial score (nSPS) is 15.5. The fourth-order valence-corrected chi connectivity index (χ4v) is 5.71. The van der Waals surface area contributed by atoms with E-state index < -0.39 is 28.9 Å². The quantitative estimate of drug-likeness (QED) is 0.195. The van der Waals surface area contributed by atoms with Crippen molar-refractivity contribution in [3.63, 3.8) is 0 Å². The number of ether oxygens (including phenoxy) is 1. The van der Waals surface area contributed by atoms with Gasteiger partial charge in [0.25, 0.3) is 5.56 Å². The molecule has 0 saturated heterocycles. The van der Waals surface area contributed by atoms with Gasteiger partial charge in [-0.2, -0.15) is 9.78 Å². The molecule has 246 valence electrons. The Kier molecular flexibility index (Phi) is 10.0. The number of carbonyl (C=O) groups excluding carboxylic acids is 2. The number of carbonyl (C=O) groups is 2. The van der Waals surface area contributed by atoms with Crippen molar-refractivity contribution in [1.29, 1.82) is 0 Å². The number of β-amino-alcohol motifs (C(OH)–C–C–N with tert-alkyl or cyclic N) is 1. The van der Waals surface area contributed by atoms with Crippen LogP contribution in [0.2, 0.25) is 0 Å². The predicted molar refractivity (Wildman–Crippen MR) is 179 cm³/mol. The summed E-state index contributed by atoms with van der Waals surface area (Å²) in [5.74, 6) is 0.215. The maximum atomic E-state index is 14.1. The van der Waals surface area contributed by atoms with E-state index in [9.17, 15) is 24.3 Å². The molecular formula is C35H40N6O6. The molecule has 0 spiro atoms. The van der Waals surface area contributed by atoms with Gasteiger partial charge in [-0.1, -0.05) is 42.5 Å². The number of nitrogens with zero attached hydrogens (tertiary/aromatic N) is 3. The number of fused-ring (bicyclic) bond motifs is 1. The molecule has 0 saturated carbocycles. The minimum Gasteiger partial charge on any atom is -0.497 e. The van der Waals surface area contributed by atoms with Crippen LogP contribution in [0.5, 0.6) is 5.75 Å². The van der Waals surface area contributed by atoms with Gasteiger partial charge in [0, 0.05) is 29.8 Å². The minimum absolute atomic E-state index is 0.133. The van der Waals surface area contributed by atoms with E-state index in [2.05, 4.69) is 20.7 Å². The van der Waals surface area contributed by atoms with Gasteiger partial charge in [0.05, 0.1) is 25.4 Å². The zero-order valence-corrected chi connectivity index (χ0v) is 26.9. The predicted octanol–water partition coefficient (Wildman–Crippen LogP) is 2.70. The Labute approximate surface area is 272 Å². The SMILES string of the molecule is COc1ccc2c(c1)CC[C@@H](NC(=O)CC(C)(C)NC[C@@H](C)O)C(=O)N2Cc1ccc(-c2ccccc2-n2ncc(=O)[nH]c2=O)cc1. The zero-order valence-electron chi connectivity index (χ0n) is 26.9. The molecule has 0 bridgehead atoms. The fraction of sp³-hybridized carbons (Fsp3) is 0.343. The number of H-pyrrole nitrogens is 1. The molecule has 0 unspecified atom stereocenters. The highest BCUT2D eigenvalue weighted by atomic mass is 16.5. The lowest BCUT2D eigenvalue weighted by molar-refractivity contribution is -0.128. The highest BCUT2D eigenvalue weighted by Crippen LogP contribution is 2.33. The largest absolute Gasteiger partial charge is 0.497 e. The second-order valence-corrected chi connectivity index (χ2v) is 12.4. The van der Waals surface area contributed by atoms with Gasteiger partial charge in [-0.05, 0) is 74.6 Å². The van der Waals surface area contributed by atoms with Crippen molar-refractivity contribution in [3.8, 4) is 22.6 Å². The molecule has 2 atom stereocenters. The van der Waals surface area contributed by atoms with Gasteiger partial charge >= 0.3 is 5.69 Å². The van der Waals surface area contributed by atoms with Gasteiger partial charge in [-0.15, -0.1) is 0 Å². The number of aliphatic hydroxyl groups excluding tert-OH is 1. The van der Waals surface area contributed by atoms with E-state index in [0.29, 0.717) is 30.8 Å². The minimum atomic E-state index is -0.734. The third-order valence-corrected chi connectivity index (χ3v) is 8.11. The van der Waals surface area contributed by atoms with E-state index >= 15 is 0 Å². The van der Waals surface area contributed by atoms with Gasteiger partial charge in [-0.25, -0.2) is 4.79 Å². The molecule has 0 radical (unpaired) electrons. The molecular weight excluding hydrogens is 600 g/mol. The first-order valence-electron chi connectivity index (χ1n) is 15.5. The number of hydrogen-bond donors (Lipinski definition) is 4. The number of nitrogens with one attached hydrogen (secondary N) is 3. The van der Waals surface area contributed by atoms with Gasteiger partial charge in [-0.3, -0.25) is 19.4 Å². The molecule has 1 aliphatic heterocycles. The molecule has 2 amide bonds. The van der Waals surface area contributed by atoms with Gasteiger partial charge in [0.1, 0.15) is 18.0 Å². The van der Waals surface area contributed by atoms with Crippen LogP contribution in [0.4, 0.5) is 5.69 Å². The van der Waals surface area contributed by atoms with E-state index in [-0.39, 0.29) is 24.8 Å². The summed E-state index contributed by atoms with van der Waals surface area (Å²) >= 11 is 0. The number of amides is 2. The zero-order chi connectivity index (χ0) is 33.7. The molecule has 12 heteroatoms. The average molecular weight is 641 g/mol. The maximum absolute atomic E-state index is 14.1. The third-order valence-electron chi connectivity index (χ3n) is 8.11. The van der Waals surface area contributed by atoms with Crippen LogP contribution in [0.3, 0.4) is 0 Å². The number of anilines is 1. The molecule has 0 aliphatic carbocycles. The van der Waals surface area contributed by atoms with Crippen LogP contribution in [0.25, 0.3) is 16.8 Å². The Morgan fingerprint density at radius 2 is 1.83 bits per heavy atom. The number of para-hydroxylation sites is 1. The Morgan fingerprint density at radius 3 is 2.53 bits per heavy atom. The monoisotopic (exact) mass is 640 g/mol. The van der Waals surface area contributed by atoms with Crippen LogP contribution in [0.1, 0.15) is 44.7 Å². The first-order valence-corrected chi connectivity index (χ1v) is 15.5. The van der Waals surface area contributed by atoms with E-state index in [1.54, 1.807) is 31.1 Å². The Bertz CT molecular complexity index is 1860. The third kappa shape index (κ3) is 8.02. The molecule has 47 heavy (non-hydrogen) atoms. The van der Waals surface area contributed by atoms with Gasteiger partial charge < -0.3 is 25.4 Å². The molecule has 1 aliphatic rings. The molecule has 3 aromatic carbocycles. The van der Waals surface area contributed by atoms with Crippen LogP contribution in [0, 0.1) is 0 Å². The average Bonchev–Trinajstić information content (AvgIpc) is 3.16. The smallest absolute Gasteiger partial charge is 0.349 e. The van der Waals surface area contributed by atoms with Crippen molar-refractivity contribution in [2.75, 3.05) is 18.6 Å². The number of benzene rings is 3. The highest BCUT2D eigenvalue weighted by molar-refractivity contribution is 6.00. The molecule has 12 nitrogen and oxygen atoms in total. The molecule has 0 fully saturated rings. The summed E-state index contributed by atoms with van der Waals surface area (Å²) in [7, 11) is 1.60. The first-order chi connectivity index (χ1) is 22.4. The van der Waals surface area contributed by atoms with E-state index in [0.717, 1.165) is 38.8 Å². The van der Waals surface area contributed by atoms with Crippen molar-refractivity contribution in [2.24, 2.45) is 0 Å². The molecule has 2 heterocycles. The first kappa shape index (κ1) is 33.3. The van der Waals surface area contributed by atoms with E-state index in [1.807, 2.05) is 68.4 Å². The van der Waals surface area contributed by atoms with Crippen molar-refractivity contribution < 1.29 is 19.4 Å². The number of hydrogen-bond acceptors (Lipinski definition) is 8. The van der Waals surface area contributed by atoms with Crippen LogP contribution in [-0.4, -0.2) is 63.0 Å². The number of methoxy groups -OCH3 is 1. The van der Waals surface area contributed by atoms with E-state index in [1.165, 1.54) is 0 Å². The second-order valence-electron chi connectivity index (χ2n) is 12.4. The highest BCUT2D eigenvalue weighted by Gasteiger charge is 2.33. The summed E-state index contributed by atoms with van der Waals surface area (Å²) < 4.78 is 6.60. The summed E-state index contributed by atoms with van der Waals surface area (Å²) in [5.41, 5.74) is 2.82. The van der Waals surface area contributed by atoms with Crippen LogP contribution in [0.15, 0.2) is 82.5 Å².